The summed E-state index contributed by atoms with van der Waals surface area (Å²) in [5.41, 5.74) is 1.32. The van der Waals surface area contributed by atoms with Crippen molar-refractivity contribution in [3.63, 3.8) is 0 Å². The fourth-order valence-corrected chi connectivity index (χ4v) is 2.80. The summed E-state index contributed by atoms with van der Waals surface area (Å²) in [4.78, 5) is 2.49. The van der Waals surface area contributed by atoms with Gasteiger partial charge in [-0.05, 0) is 63.9 Å². The molecular formula is C16H26N2O. The maximum Gasteiger partial charge on any atom is 0.119 e. The Balaban J connectivity index is 1.89. The van der Waals surface area contributed by atoms with E-state index in [-0.39, 0.29) is 0 Å². The van der Waals surface area contributed by atoms with Gasteiger partial charge in [-0.25, -0.2) is 0 Å². The maximum absolute atomic E-state index is 5.49. The van der Waals surface area contributed by atoms with E-state index in [1.54, 1.807) is 0 Å². The van der Waals surface area contributed by atoms with Gasteiger partial charge in [-0.15, -0.1) is 0 Å². The Morgan fingerprint density at radius 2 is 2.11 bits per heavy atom. The standard InChI is InChI=1S/C16H26N2O/c1-4-19-16-7-5-15(6-8-16)18-10-9-14(12-18)11-13(2)17-3/h5-8,13-14,17H,4,9-12H2,1-3H3. The molecule has 2 atom stereocenters. The number of hydrogen-bond acceptors (Lipinski definition) is 3. The first-order valence-electron chi connectivity index (χ1n) is 7.38. The van der Waals surface area contributed by atoms with Gasteiger partial charge >= 0.3 is 0 Å². The lowest BCUT2D eigenvalue weighted by molar-refractivity contribution is 0.340. The van der Waals surface area contributed by atoms with Gasteiger partial charge in [0.1, 0.15) is 5.75 Å². The lowest BCUT2D eigenvalue weighted by Gasteiger charge is -2.20. The summed E-state index contributed by atoms with van der Waals surface area (Å²) in [5, 5.41) is 3.33. The van der Waals surface area contributed by atoms with Crippen LogP contribution in [-0.4, -0.2) is 32.8 Å². The second kappa shape index (κ2) is 6.80. The van der Waals surface area contributed by atoms with Crippen LogP contribution < -0.4 is 15.0 Å². The van der Waals surface area contributed by atoms with E-state index in [2.05, 4.69) is 41.4 Å². The minimum atomic E-state index is 0.616. The number of ether oxygens (including phenoxy) is 1. The minimum absolute atomic E-state index is 0.616. The predicted molar refractivity (Wildman–Crippen MR) is 81.1 cm³/mol. The average Bonchev–Trinajstić information content (AvgIpc) is 2.88. The lowest BCUT2D eigenvalue weighted by Crippen LogP contribution is -2.26. The van der Waals surface area contributed by atoms with Crippen molar-refractivity contribution in [2.75, 3.05) is 31.6 Å². The van der Waals surface area contributed by atoms with Crippen LogP contribution in [-0.2, 0) is 0 Å². The second-order valence-corrected chi connectivity index (χ2v) is 5.45. The number of anilines is 1. The SMILES string of the molecule is CCOc1ccc(N2CCC(CC(C)NC)C2)cc1. The monoisotopic (exact) mass is 262 g/mol. The second-order valence-electron chi connectivity index (χ2n) is 5.45. The van der Waals surface area contributed by atoms with E-state index < -0.39 is 0 Å². The maximum atomic E-state index is 5.49. The van der Waals surface area contributed by atoms with E-state index in [0.29, 0.717) is 6.04 Å². The molecule has 1 aromatic carbocycles. The smallest absolute Gasteiger partial charge is 0.119 e. The molecule has 3 nitrogen and oxygen atoms in total. The van der Waals surface area contributed by atoms with Crippen LogP contribution in [0.15, 0.2) is 24.3 Å². The average molecular weight is 262 g/mol. The first kappa shape index (κ1) is 14.2. The van der Waals surface area contributed by atoms with Crippen LogP contribution in [0.5, 0.6) is 5.75 Å². The van der Waals surface area contributed by atoms with E-state index in [1.807, 2.05) is 14.0 Å². The van der Waals surface area contributed by atoms with Crippen molar-refractivity contribution in [3.8, 4) is 5.75 Å². The van der Waals surface area contributed by atoms with E-state index in [9.17, 15) is 0 Å². The van der Waals surface area contributed by atoms with Gasteiger partial charge < -0.3 is 15.0 Å². The van der Waals surface area contributed by atoms with Crippen LogP contribution in [0.4, 0.5) is 5.69 Å². The van der Waals surface area contributed by atoms with Crippen LogP contribution in [0, 0.1) is 5.92 Å². The molecule has 1 fully saturated rings. The Morgan fingerprint density at radius 3 is 2.74 bits per heavy atom. The molecule has 19 heavy (non-hydrogen) atoms. The van der Waals surface area contributed by atoms with Crippen molar-refractivity contribution in [2.45, 2.75) is 32.7 Å². The van der Waals surface area contributed by atoms with Gasteiger partial charge in [-0.3, -0.25) is 0 Å². The van der Waals surface area contributed by atoms with E-state index >= 15 is 0 Å². The summed E-state index contributed by atoms with van der Waals surface area (Å²) in [5.74, 6) is 1.78. The molecule has 0 radical (unpaired) electrons. The first-order chi connectivity index (χ1) is 9.22. The highest BCUT2D eigenvalue weighted by Crippen LogP contribution is 2.27. The van der Waals surface area contributed by atoms with Crippen molar-refractivity contribution in [1.82, 2.24) is 5.32 Å². The highest BCUT2D eigenvalue weighted by atomic mass is 16.5. The van der Waals surface area contributed by atoms with Crippen molar-refractivity contribution < 1.29 is 4.74 Å². The Kier molecular flexibility index (Phi) is 5.08. The third-order valence-electron chi connectivity index (χ3n) is 3.98. The van der Waals surface area contributed by atoms with Crippen LogP contribution in [0.1, 0.15) is 26.7 Å². The molecule has 2 unspecified atom stereocenters. The molecule has 1 aliphatic rings. The molecule has 0 saturated carbocycles. The zero-order chi connectivity index (χ0) is 13.7. The Labute approximate surface area is 116 Å². The van der Waals surface area contributed by atoms with Gasteiger partial charge in [0.05, 0.1) is 6.61 Å². The molecule has 106 valence electrons. The zero-order valence-electron chi connectivity index (χ0n) is 12.4. The van der Waals surface area contributed by atoms with Gasteiger partial charge in [0.25, 0.3) is 0 Å². The van der Waals surface area contributed by atoms with E-state index in [1.165, 1.54) is 31.6 Å². The number of rotatable bonds is 6. The van der Waals surface area contributed by atoms with Gasteiger partial charge in [0, 0.05) is 24.8 Å². The molecule has 1 saturated heterocycles. The summed E-state index contributed by atoms with van der Waals surface area (Å²) >= 11 is 0. The lowest BCUT2D eigenvalue weighted by atomic mass is 10.0. The van der Waals surface area contributed by atoms with Crippen LogP contribution in [0.25, 0.3) is 0 Å². The highest BCUT2D eigenvalue weighted by molar-refractivity contribution is 5.49. The summed E-state index contributed by atoms with van der Waals surface area (Å²) < 4.78 is 5.49. The topological polar surface area (TPSA) is 24.5 Å². The van der Waals surface area contributed by atoms with Crippen LogP contribution >= 0.6 is 0 Å². The molecule has 0 bridgehead atoms. The molecule has 1 aliphatic heterocycles. The van der Waals surface area contributed by atoms with E-state index in [0.717, 1.165) is 18.3 Å². The first-order valence-corrected chi connectivity index (χ1v) is 7.38. The number of hydrogen-bond donors (Lipinski definition) is 1. The van der Waals surface area contributed by atoms with Crippen molar-refractivity contribution in [2.24, 2.45) is 5.92 Å². The molecule has 0 aromatic heterocycles. The van der Waals surface area contributed by atoms with Crippen LogP contribution in [0.2, 0.25) is 0 Å². The van der Waals surface area contributed by atoms with Gasteiger partial charge in [0.15, 0.2) is 0 Å². The van der Waals surface area contributed by atoms with Gasteiger partial charge in [-0.2, -0.15) is 0 Å². The quantitative estimate of drug-likeness (QED) is 0.853. The molecular weight excluding hydrogens is 236 g/mol. The molecule has 0 aliphatic carbocycles. The number of benzene rings is 1. The van der Waals surface area contributed by atoms with Crippen LogP contribution in [0.3, 0.4) is 0 Å². The minimum Gasteiger partial charge on any atom is -0.494 e. The zero-order valence-corrected chi connectivity index (χ0v) is 12.4. The van der Waals surface area contributed by atoms with E-state index in [4.69, 9.17) is 4.74 Å². The summed E-state index contributed by atoms with van der Waals surface area (Å²) in [6, 6.07) is 9.11. The van der Waals surface area contributed by atoms with Crippen molar-refractivity contribution in [3.05, 3.63) is 24.3 Å². The molecule has 1 N–H and O–H groups in total. The Bertz CT molecular complexity index is 377. The molecule has 1 heterocycles. The number of nitrogens with one attached hydrogen (secondary N) is 1. The third kappa shape index (κ3) is 3.87. The fraction of sp³-hybridized carbons (Fsp3) is 0.625. The fourth-order valence-electron chi connectivity index (χ4n) is 2.80. The largest absolute Gasteiger partial charge is 0.494 e. The van der Waals surface area contributed by atoms with Gasteiger partial charge in [0.2, 0.25) is 0 Å². The Morgan fingerprint density at radius 1 is 1.37 bits per heavy atom. The summed E-state index contributed by atoms with van der Waals surface area (Å²) in [6.45, 7) is 7.36. The highest BCUT2D eigenvalue weighted by Gasteiger charge is 2.23. The summed E-state index contributed by atoms with van der Waals surface area (Å²) in [6.07, 6.45) is 2.57. The molecule has 0 amide bonds. The molecule has 3 heteroatoms. The molecule has 2 rings (SSSR count). The number of nitrogens with zero attached hydrogens (tertiary/aromatic N) is 1. The predicted octanol–water partition coefficient (Wildman–Crippen LogP) is 2.91. The van der Waals surface area contributed by atoms with Crippen molar-refractivity contribution >= 4 is 5.69 Å². The molecule has 0 spiro atoms. The van der Waals surface area contributed by atoms with Gasteiger partial charge in [-0.1, -0.05) is 0 Å². The van der Waals surface area contributed by atoms with Crippen molar-refractivity contribution in [1.29, 1.82) is 0 Å². The third-order valence-corrected chi connectivity index (χ3v) is 3.98. The normalized spacial score (nSPS) is 20.6. The molecule has 1 aromatic rings. The summed E-state index contributed by atoms with van der Waals surface area (Å²) in [7, 11) is 2.05. The Hall–Kier alpha value is -1.22.